The van der Waals surface area contributed by atoms with E-state index in [2.05, 4.69) is 44.9 Å². The van der Waals surface area contributed by atoms with Gasteiger partial charge in [0.1, 0.15) is 5.75 Å². The molecule has 0 bridgehead atoms. The second-order valence-corrected chi connectivity index (χ2v) is 5.20. The third-order valence-electron chi connectivity index (χ3n) is 3.26. The number of hydrogen-bond donors (Lipinski definition) is 1. The highest BCUT2D eigenvalue weighted by Crippen LogP contribution is 2.33. The van der Waals surface area contributed by atoms with Gasteiger partial charge in [0.15, 0.2) is 0 Å². The van der Waals surface area contributed by atoms with Crippen molar-refractivity contribution < 1.29 is 4.74 Å². The quantitative estimate of drug-likeness (QED) is 0.843. The Bertz CT molecular complexity index is 390. The largest absolute Gasteiger partial charge is 0.495 e. The smallest absolute Gasteiger partial charge is 0.142 e. The maximum atomic E-state index is 5.61. The van der Waals surface area contributed by atoms with E-state index < -0.39 is 0 Å². The highest BCUT2D eigenvalue weighted by molar-refractivity contribution is 5.64. The van der Waals surface area contributed by atoms with Gasteiger partial charge < -0.3 is 15.4 Å². The fourth-order valence-electron chi connectivity index (χ4n) is 2.50. The first kappa shape index (κ1) is 14.8. The third-order valence-corrected chi connectivity index (χ3v) is 3.26. The number of aryl methyl sites for hydroxylation is 2. The number of rotatable bonds is 6. The van der Waals surface area contributed by atoms with Gasteiger partial charge in [-0.15, -0.1) is 0 Å². The molecule has 1 rings (SSSR count). The Hall–Kier alpha value is -1.22. The lowest BCUT2D eigenvalue weighted by Gasteiger charge is -2.27. The van der Waals surface area contributed by atoms with E-state index in [0.717, 1.165) is 25.3 Å². The highest BCUT2D eigenvalue weighted by atomic mass is 16.5. The predicted molar refractivity (Wildman–Crippen MR) is 78.6 cm³/mol. The SMILES string of the molecule is COc1cc(C)cc(C)c1N(C)CC(C)CCN. The molecule has 102 valence electrons. The van der Waals surface area contributed by atoms with Crippen molar-refractivity contribution in [2.45, 2.75) is 27.2 Å². The summed E-state index contributed by atoms with van der Waals surface area (Å²) in [5.41, 5.74) is 9.28. The van der Waals surface area contributed by atoms with E-state index in [4.69, 9.17) is 10.5 Å². The molecule has 0 saturated carbocycles. The maximum absolute atomic E-state index is 5.61. The van der Waals surface area contributed by atoms with Crippen molar-refractivity contribution in [2.75, 3.05) is 32.1 Å². The van der Waals surface area contributed by atoms with Crippen molar-refractivity contribution in [3.05, 3.63) is 23.3 Å². The summed E-state index contributed by atoms with van der Waals surface area (Å²) in [5, 5.41) is 0. The van der Waals surface area contributed by atoms with E-state index >= 15 is 0 Å². The lowest BCUT2D eigenvalue weighted by atomic mass is 10.0. The zero-order valence-electron chi connectivity index (χ0n) is 12.3. The van der Waals surface area contributed by atoms with Crippen LogP contribution in [0.15, 0.2) is 12.1 Å². The average molecular weight is 250 g/mol. The summed E-state index contributed by atoms with van der Waals surface area (Å²) in [5.74, 6) is 1.54. The van der Waals surface area contributed by atoms with Crippen molar-refractivity contribution >= 4 is 5.69 Å². The molecule has 0 fully saturated rings. The molecule has 0 amide bonds. The van der Waals surface area contributed by atoms with Crippen LogP contribution in [-0.2, 0) is 0 Å². The molecule has 18 heavy (non-hydrogen) atoms. The monoisotopic (exact) mass is 250 g/mol. The van der Waals surface area contributed by atoms with Crippen LogP contribution >= 0.6 is 0 Å². The lowest BCUT2D eigenvalue weighted by molar-refractivity contribution is 0.413. The topological polar surface area (TPSA) is 38.5 Å². The Kier molecular flexibility index (Phi) is 5.48. The van der Waals surface area contributed by atoms with Crippen LogP contribution in [-0.4, -0.2) is 27.2 Å². The van der Waals surface area contributed by atoms with Crippen LogP contribution in [0.4, 0.5) is 5.69 Å². The highest BCUT2D eigenvalue weighted by Gasteiger charge is 2.14. The second-order valence-electron chi connectivity index (χ2n) is 5.20. The van der Waals surface area contributed by atoms with E-state index in [-0.39, 0.29) is 0 Å². The van der Waals surface area contributed by atoms with Gasteiger partial charge in [0.05, 0.1) is 12.8 Å². The summed E-state index contributed by atoms with van der Waals surface area (Å²) >= 11 is 0. The number of ether oxygens (including phenoxy) is 1. The lowest BCUT2D eigenvalue weighted by Crippen LogP contribution is -2.26. The molecule has 1 aromatic rings. The third kappa shape index (κ3) is 3.64. The van der Waals surface area contributed by atoms with Gasteiger partial charge in [0, 0.05) is 13.6 Å². The van der Waals surface area contributed by atoms with E-state index in [1.54, 1.807) is 7.11 Å². The van der Waals surface area contributed by atoms with Gasteiger partial charge in [-0.25, -0.2) is 0 Å². The van der Waals surface area contributed by atoms with Crippen LogP contribution in [0.3, 0.4) is 0 Å². The Labute approximate surface area is 111 Å². The molecule has 0 saturated heterocycles. The number of nitrogens with zero attached hydrogens (tertiary/aromatic N) is 1. The van der Waals surface area contributed by atoms with Crippen LogP contribution in [0, 0.1) is 19.8 Å². The fraction of sp³-hybridized carbons (Fsp3) is 0.600. The fourth-order valence-corrected chi connectivity index (χ4v) is 2.50. The molecule has 3 nitrogen and oxygen atoms in total. The van der Waals surface area contributed by atoms with Gasteiger partial charge >= 0.3 is 0 Å². The predicted octanol–water partition coefficient (Wildman–Crippen LogP) is 2.73. The summed E-state index contributed by atoms with van der Waals surface area (Å²) in [6, 6.07) is 4.29. The molecule has 0 radical (unpaired) electrons. The molecule has 1 aromatic carbocycles. The van der Waals surface area contributed by atoms with Gasteiger partial charge in [-0.3, -0.25) is 0 Å². The van der Waals surface area contributed by atoms with Crippen LogP contribution in [0.2, 0.25) is 0 Å². The van der Waals surface area contributed by atoms with E-state index in [0.29, 0.717) is 5.92 Å². The number of benzene rings is 1. The van der Waals surface area contributed by atoms with Crippen LogP contribution in [0.25, 0.3) is 0 Å². The molecule has 0 aromatic heterocycles. The molecule has 0 heterocycles. The minimum atomic E-state index is 0.588. The van der Waals surface area contributed by atoms with E-state index in [1.165, 1.54) is 16.8 Å². The molecule has 0 aliphatic rings. The number of anilines is 1. The molecule has 1 atom stereocenters. The minimum Gasteiger partial charge on any atom is -0.495 e. The molecule has 0 aliphatic heterocycles. The molecular weight excluding hydrogens is 224 g/mol. The van der Waals surface area contributed by atoms with E-state index in [9.17, 15) is 0 Å². The van der Waals surface area contributed by atoms with Crippen molar-refractivity contribution in [1.29, 1.82) is 0 Å². The van der Waals surface area contributed by atoms with Crippen molar-refractivity contribution in [2.24, 2.45) is 11.7 Å². The van der Waals surface area contributed by atoms with Crippen LogP contribution in [0.1, 0.15) is 24.5 Å². The molecule has 0 spiro atoms. The van der Waals surface area contributed by atoms with Crippen LogP contribution < -0.4 is 15.4 Å². The summed E-state index contributed by atoms with van der Waals surface area (Å²) in [6.07, 6.45) is 1.05. The zero-order valence-corrected chi connectivity index (χ0v) is 12.3. The Balaban J connectivity index is 2.94. The maximum Gasteiger partial charge on any atom is 0.142 e. The van der Waals surface area contributed by atoms with Crippen molar-refractivity contribution in [3.8, 4) is 5.75 Å². The second kappa shape index (κ2) is 6.64. The molecule has 1 unspecified atom stereocenters. The van der Waals surface area contributed by atoms with Gasteiger partial charge in [0.2, 0.25) is 0 Å². The van der Waals surface area contributed by atoms with Crippen molar-refractivity contribution in [1.82, 2.24) is 0 Å². The molecule has 3 heteroatoms. The summed E-state index contributed by atoms with van der Waals surface area (Å²) in [7, 11) is 3.85. The first-order valence-corrected chi connectivity index (χ1v) is 6.56. The molecule has 0 aliphatic carbocycles. The molecular formula is C15H26N2O. The van der Waals surface area contributed by atoms with Gasteiger partial charge in [0.25, 0.3) is 0 Å². The number of nitrogens with two attached hydrogens (primary N) is 1. The first-order valence-electron chi connectivity index (χ1n) is 6.56. The Morgan fingerprint density at radius 1 is 1.33 bits per heavy atom. The van der Waals surface area contributed by atoms with Crippen LogP contribution in [0.5, 0.6) is 5.75 Å². The summed E-state index contributed by atoms with van der Waals surface area (Å²) in [4.78, 5) is 2.27. The normalized spacial score (nSPS) is 12.3. The Morgan fingerprint density at radius 2 is 2.00 bits per heavy atom. The zero-order chi connectivity index (χ0) is 13.7. The van der Waals surface area contributed by atoms with E-state index in [1.807, 2.05) is 0 Å². The average Bonchev–Trinajstić information content (AvgIpc) is 2.27. The number of methoxy groups -OCH3 is 1. The van der Waals surface area contributed by atoms with Gasteiger partial charge in [-0.05, 0) is 49.9 Å². The first-order chi connectivity index (χ1) is 8.49. The van der Waals surface area contributed by atoms with Gasteiger partial charge in [-0.1, -0.05) is 13.0 Å². The Morgan fingerprint density at radius 3 is 2.56 bits per heavy atom. The summed E-state index contributed by atoms with van der Waals surface area (Å²) in [6.45, 7) is 8.21. The standard InChI is InChI=1S/C15H26N2O/c1-11(6-7-16)10-17(4)15-13(3)8-12(2)9-14(15)18-5/h8-9,11H,6-7,10,16H2,1-5H3. The molecule has 2 N–H and O–H groups in total. The van der Waals surface area contributed by atoms with Crippen molar-refractivity contribution in [3.63, 3.8) is 0 Å². The summed E-state index contributed by atoms with van der Waals surface area (Å²) < 4.78 is 5.50. The number of hydrogen-bond acceptors (Lipinski definition) is 3. The minimum absolute atomic E-state index is 0.588. The van der Waals surface area contributed by atoms with Gasteiger partial charge in [-0.2, -0.15) is 0 Å².